The van der Waals surface area contributed by atoms with E-state index in [9.17, 15) is 0 Å². The standard InChI is InChI=1S/C14H17N/c1-2-6-11(7-3-1)14-10-12-8-4-5-9-13(12)15-14/h4-5,8-9,11H,1-3,6-7,10H2. The molecular formula is C14H17N. The molecule has 0 saturated heterocycles. The summed E-state index contributed by atoms with van der Waals surface area (Å²) in [6, 6.07) is 8.57. The van der Waals surface area contributed by atoms with Gasteiger partial charge in [0.2, 0.25) is 0 Å². The molecule has 15 heavy (non-hydrogen) atoms. The molecule has 1 heteroatoms. The lowest BCUT2D eigenvalue weighted by atomic mass is 9.84. The number of hydrogen-bond acceptors (Lipinski definition) is 1. The van der Waals surface area contributed by atoms with Crippen LogP contribution in [0.2, 0.25) is 0 Å². The maximum absolute atomic E-state index is 4.79. The van der Waals surface area contributed by atoms with Crippen molar-refractivity contribution in [2.75, 3.05) is 0 Å². The Hall–Kier alpha value is -1.11. The van der Waals surface area contributed by atoms with Gasteiger partial charge in [0, 0.05) is 12.1 Å². The fourth-order valence-electron chi connectivity index (χ4n) is 2.83. The van der Waals surface area contributed by atoms with Crippen molar-refractivity contribution >= 4 is 11.4 Å². The van der Waals surface area contributed by atoms with Crippen molar-refractivity contribution in [3.05, 3.63) is 29.8 Å². The quantitative estimate of drug-likeness (QED) is 0.650. The number of hydrogen-bond donors (Lipinski definition) is 0. The summed E-state index contributed by atoms with van der Waals surface area (Å²) < 4.78 is 0. The van der Waals surface area contributed by atoms with E-state index in [-0.39, 0.29) is 0 Å². The van der Waals surface area contributed by atoms with Crippen LogP contribution in [-0.2, 0) is 6.42 Å². The summed E-state index contributed by atoms with van der Waals surface area (Å²) in [5.74, 6) is 0.783. The number of aliphatic imine (C=N–C) groups is 1. The molecule has 0 aromatic heterocycles. The summed E-state index contributed by atoms with van der Waals surface area (Å²) in [6.07, 6.45) is 8.08. The Morgan fingerprint density at radius 3 is 2.60 bits per heavy atom. The summed E-state index contributed by atoms with van der Waals surface area (Å²) in [5, 5.41) is 0. The maximum Gasteiger partial charge on any atom is 0.0665 e. The molecule has 78 valence electrons. The molecule has 1 aromatic rings. The van der Waals surface area contributed by atoms with Gasteiger partial charge in [0.15, 0.2) is 0 Å². The predicted octanol–water partition coefficient (Wildman–Crippen LogP) is 3.90. The van der Waals surface area contributed by atoms with Crippen LogP contribution in [0.5, 0.6) is 0 Å². The zero-order valence-corrected chi connectivity index (χ0v) is 9.08. The Morgan fingerprint density at radius 1 is 1.00 bits per heavy atom. The highest BCUT2D eigenvalue weighted by Crippen LogP contribution is 2.33. The van der Waals surface area contributed by atoms with Gasteiger partial charge in [0.05, 0.1) is 5.69 Å². The fraction of sp³-hybridized carbons (Fsp3) is 0.500. The average molecular weight is 199 g/mol. The van der Waals surface area contributed by atoms with E-state index in [0.717, 1.165) is 12.3 Å². The van der Waals surface area contributed by atoms with Crippen molar-refractivity contribution in [2.24, 2.45) is 10.9 Å². The van der Waals surface area contributed by atoms with Gasteiger partial charge in [0.25, 0.3) is 0 Å². The second-order valence-corrected chi connectivity index (χ2v) is 4.74. The molecule has 1 nitrogen and oxygen atoms in total. The van der Waals surface area contributed by atoms with E-state index in [2.05, 4.69) is 24.3 Å². The molecule has 0 unspecified atom stereocenters. The van der Waals surface area contributed by atoms with Gasteiger partial charge in [-0.2, -0.15) is 0 Å². The summed E-state index contributed by atoms with van der Waals surface area (Å²) >= 11 is 0. The topological polar surface area (TPSA) is 12.4 Å². The molecule has 0 radical (unpaired) electrons. The first-order valence-electron chi connectivity index (χ1n) is 6.09. The molecule has 0 amide bonds. The normalized spacial score (nSPS) is 21.2. The smallest absolute Gasteiger partial charge is 0.0665 e. The van der Waals surface area contributed by atoms with Gasteiger partial charge in [-0.05, 0) is 30.4 Å². The molecule has 0 atom stereocenters. The summed E-state index contributed by atoms with van der Waals surface area (Å²) in [7, 11) is 0. The highest BCUT2D eigenvalue weighted by Gasteiger charge is 2.23. The number of fused-ring (bicyclic) bond motifs is 1. The predicted molar refractivity (Wildman–Crippen MR) is 63.8 cm³/mol. The zero-order chi connectivity index (χ0) is 10.1. The monoisotopic (exact) mass is 199 g/mol. The van der Waals surface area contributed by atoms with Gasteiger partial charge in [-0.1, -0.05) is 37.5 Å². The molecule has 0 N–H and O–H groups in total. The molecule has 1 saturated carbocycles. The Morgan fingerprint density at radius 2 is 1.80 bits per heavy atom. The van der Waals surface area contributed by atoms with Crippen LogP contribution in [-0.4, -0.2) is 5.71 Å². The first-order valence-corrected chi connectivity index (χ1v) is 6.09. The van der Waals surface area contributed by atoms with Crippen molar-refractivity contribution in [3.8, 4) is 0 Å². The highest BCUT2D eigenvalue weighted by molar-refractivity contribution is 5.95. The van der Waals surface area contributed by atoms with E-state index in [1.54, 1.807) is 0 Å². The largest absolute Gasteiger partial charge is 0.257 e. The van der Waals surface area contributed by atoms with Gasteiger partial charge >= 0.3 is 0 Å². The number of para-hydroxylation sites is 1. The molecule has 0 spiro atoms. The third-order valence-corrected chi connectivity index (χ3v) is 3.70. The van der Waals surface area contributed by atoms with E-state index in [4.69, 9.17) is 4.99 Å². The van der Waals surface area contributed by atoms with Crippen molar-refractivity contribution in [1.82, 2.24) is 0 Å². The first kappa shape index (κ1) is 9.14. The van der Waals surface area contributed by atoms with Crippen molar-refractivity contribution in [3.63, 3.8) is 0 Å². The molecule has 2 aliphatic rings. The van der Waals surface area contributed by atoms with Crippen LogP contribution >= 0.6 is 0 Å². The Labute approximate surface area is 91.2 Å². The van der Waals surface area contributed by atoms with E-state index in [0.29, 0.717) is 0 Å². The fourth-order valence-corrected chi connectivity index (χ4v) is 2.83. The van der Waals surface area contributed by atoms with Gasteiger partial charge in [-0.3, -0.25) is 4.99 Å². The Balaban J connectivity index is 1.81. The summed E-state index contributed by atoms with van der Waals surface area (Å²) in [4.78, 5) is 4.79. The molecular weight excluding hydrogens is 182 g/mol. The lowest BCUT2D eigenvalue weighted by Gasteiger charge is -2.21. The van der Waals surface area contributed by atoms with Crippen LogP contribution in [0.1, 0.15) is 37.7 Å². The summed E-state index contributed by atoms with van der Waals surface area (Å²) in [5.41, 5.74) is 4.10. The number of benzene rings is 1. The van der Waals surface area contributed by atoms with E-state index in [1.807, 2.05) is 0 Å². The van der Waals surface area contributed by atoms with E-state index in [1.165, 1.54) is 49.1 Å². The Bertz CT molecular complexity index is 386. The lowest BCUT2D eigenvalue weighted by Crippen LogP contribution is -2.17. The average Bonchev–Trinajstić information content (AvgIpc) is 2.74. The van der Waals surface area contributed by atoms with Crippen molar-refractivity contribution in [1.29, 1.82) is 0 Å². The third-order valence-electron chi connectivity index (χ3n) is 3.70. The number of nitrogens with zero attached hydrogens (tertiary/aromatic N) is 1. The lowest BCUT2D eigenvalue weighted by molar-refractivity contribution is 0.437. The zero-order valence-electron chi connectivity index (χ0n) is 9.08. The Kier molecular flexibility index (Phi) is 2.32. The molecule has 1 fully saturated rings. The molecule has 1 aliphatic heterocycles. The molecule has 1 aliphatic carbocycles. The van der Waals surface area contributed by atoms with Crippen LogP contribution in [0.25, 0.3) is 0 Å². The first-order chi connectivity index (χ1) is 7.43. The minimum Gasteiger partial charge on any atom is -0.257 e. The number of rotatable bonds is 1. The molecule has 1 aromatic carbocycles. The van der Waals surface area contributed by atoms with Gasteiger partial charge in [-0.15, -0.1) is 0 Å². The van der Waals surface area contributed by atoms with Crippen molar-refractivity contribution in [2.45, 2.75) is 38.5 Å². The second-order valence-electron chi connectivity index (χ2n) is 4.74. The van der Waals surface area contributed by atoms with E-state index < -0.39 is 0 Å². The third kappa shape index (κ3) is 1.71. The molecule has 1 heterocycles. The van der Waals surface area contributed by atoms with Gasteiger partial charge in [-0.25, -0.2) is 0 Å². The maximum atomic E-state index is 4.79. The molecule has 0 bridgehead atoms. The van der Waals surface area contributed by atoms with Crippen LogP contribution in [0, 0.1) is 5.92 Å². The van der Waals surface area contributed by atoms with Crippen LogP contribution in [0.15, 0.2) is 29.3 Å². The van der Waals surface area contributed by atoms with Gasteiger partial charge < -0.3 is 0 Å². The van der Waals surface area contributed by atoms with E-state index >= 15 is 0 Å². The van der Waals surface area contributed by atoms with Crippen LogP contribution in [0.4, 0.5) is 5.69 Å². The molecule has 3 rings (SSSR count). The van der Waals surface area contributed by atoms with Crippen LogP contribution in [0.3, 0.4) is 0 Å². The highest BCUT2D eigenvalue weighted by atomic mass is 14.8. The minimum atomic E-state index is 0.783. The SMILES string of the molecule is c1ccc2c(c1)CC(C1CCCCC1)=N2. The minimum absolute atomic E-state index is 0.783. The van der Waals surface area contributed by atoms with Gasteiger partial charge in [0.1, 0.15) is 0 Å². The second kappa shape index (κ2) is 3.80. The summed E-state index contributed by atoms with van der Waals surface area (Å²) in [6.45, 7) is 0. The van der Waals surface area contributed by atoms with Crippen LogP contribution < -0.4 is 0 Å². The van der Waals surface area contributed by atoms with Crippen molar-refractivity contribution < 1.29 is 0 Å².